The molecule has 3 aromatic rings. The van der Waals surface area contributed by atoms with Gasteiger partial charge in [-0.2, -0.15) is 13.1 Å². The molecule has 0 saturated heterocycles. The standard InChI is InChI=1S/C21H24N6O7S/c1-14-10-22-21(23-11-14)32-8-7-31-20-18(15-3-4-16-17(9-15)34-13-33-16)19(24-12-25-20)27-35(28,29)26-5-6-30-2/h3-4,9-12,26H,5-8,13H2,1-2H3,(H,24,25,27). The Bertz CT molecular complexity index is 1260. The molecule has 0 spiro atoms. The predicted molar refractivity (Wildman–Crippen MR) is 124 cm³/mol. The van der Waals surface area contributed by atoms with Crippen LogP contribution in [0.5, 0.6) is 23.4 Å². The highest BCUT2D eigenvalue weighted by molar-refractivity contribution is 7.90. The molecule has 1 aliphatic rings. The first-order valence-corrected chi connectivity index (χ1v) is 12.0. The summed E-state index contributed by atoms with van der Waals surface area (Å²) >= 11 is 0. The molecule has 0 bridgehead atoms. The quantitative estimate of drug-likeness (QED) is 0.343. The van der Waals surface area contributed by atoms with Crippen LogP contribution in [0.4, 0.5) is 5.82 Å². The van der Waals surface area contributed by atoms with Crippen LogP contribution in [0, 0.1) is 6.92 Å². The molecule has 1 aliphatic heterocycles. The Morgan fingerprint density at radius 2 is 1.77 bits per heavy atom. The van der Waals surface area contributed by atoms with Crippen LogP contribution in [-0.4, -0.2) is 68.6 Å². The summed E-state index contributed by atoms with van der Waals surface area (Å²) in [5.74, 6) is 1.23. The van der Waals surface area contributed by atoms with Gasteiger partial charge in [0.05, 0.1) is 12.2 Å². The van der Waals surface area contributed by atoms with Gasteiger partial charge < -0.3 is 23.7 Å². The Labute approximate surface area is 202 Å². The van der Waals surface area contributed by atoms with E-state index in [0.29, 0.717) is 22.6 Å². The fourth-order valence-electron chi connectivity index (χ4n) is 3.04. The fraction of sp³-hybridized carbons (Fsp3) is 0.333. The van der Waals surface area contributed by atoms with Crippen molar-refractivity contribution >= 4 is 16.0 Å². The van der Waals surface area contributed by atoms with Crippen molar-refractivity contribution in [3.05, 3.63) is 42.5 Å². The van der Waals surface area contributed by atoms with Gasteiger partial charge in [0.15, 0.2) is 17.3 Å². The summed E-state index contributed by atoms with van der Waals surface area (Å²) in [6, 6.07) is 5.35. The zero-order chi connectivity index (χ0) is 24.7. The lowest BCUT2D eigenvalue weighted by Crippen LogP contribution is -2.33. The second-order valence-electron chi connectivity index (χ2n) is 7.20. The van der Waals surface area contributed by atoms with Crippen molar-refractivity contribution in [2.45, 2.75) is 6.92 Å². The molecular formula is C21H24N6O7S. The van der Waals surface area contributed by atoms with E-state index < -0.39 is 10.2 Å². The summed E-state index contributed by atoms with van der Waals surface area (Å²) in [5, 5.41) is 0. The number of nitrogens with zero attached hydrogens (tertiary/aromatic N) is 4. The predicted octanol–water partition coefficient (Wildman–Crippen LogP) is 1.32. The van der Waals surface area contributed by atoms with Gasteiger partial charge in [0, 0.05) is 26.0 Å². The van der Waals surface area contributed by atoms with Crippen LogP contribution in [0.15, 0.2) is 36.9 Å². The number of ether oxygens (including phenoxy) is 5. The van der Waals surface area contributed by atoms with Gasteiger partial charge in [0.2, 0.25) is 12.7 Å². The Morgan fingerprint density at radius 3 is 2.57 bits per heavy atom. The highest BCUT2D eigenvalue weighted by Crippen LogP contribution is 2.40. The molecule has 3 heterocycles. The molecule has 0 amide bonds. The number of fused-ring (bicyclic) bond motifs is 1. The molecule has 2 aromatic heterocycles. The molecule has 0 aliphatic carbocycles. The second kappa shape index (κ2) is 11.1. The number of hydrogen-bond acceptors (Lipinski definition) is 11. The first-order chi connectivity index (χ1) is 16.9. The Hall–Kier alpha value is -3.75. The topological polar surface area (TPSA) is 156 Å². The van der Waals surface area contributed by atoms with E-state index in [1.165, 1.54) is 13.4 Å². The lowest BCUT2D eigenvalue weighted by molar-refractivity contribution is 0.174. The summed E-state index contributed by atoms with van der Waals surface area (Å²) in [4.78, 5) is 16.5. The minimum Gasteiger partial charge on any atom is -0.473 e. The van der Waals surface area contributed by atoms with Gasteiger partial charge in [0.1, 0.15) is 19.5 Å². The number of aryl methyl sites for hydroxylation is 1. The van der Waals surface area contributed by atoms with Gasteiger partial charge in [-0.3, -0.25) is 4.72 Å². The van der Waals surface area contributed by atoms with Crippen LogP contribution in [0.25, 0.3) is 11.1 Å². The largest absolute Gasteiger partial charge is 0.473 e. The highest BCUT2D eigenvalue weighted by atomic mass is 32.2. The lowest BCUT2D eigenvalue weighted by Gasteiger charge is -2.16. The molecule has 2 N–H and O–H groups in total. The molecule has 0 radical (unpaired) electrons. The van der Waals surface area contributed by atoms with Crippen molar-refractivity contribution < 1.29 is 32.1 Å². The average molecular weight is 505 g/mol. The minimum absolute atomic E-state index is 0.0153. The zero-order valence-electron chi connectivity index (χ0n) is 19.1. The monoisotopic (exact) mass is 504 g/mol. The Kier molecular flexibility index (Phi) is 7.74. The molecular weight excluding hydrogens is 480 g/mol. The second-order valence-corrected chi connectivity index (χ2v) is 8.70. The third kappa shape index (κ3) is 6.44. The van der Waals surface area contributed by atoms with Crippen molar-refractivity contribution in [1.29, 1.82) is 0 Å². The molecule has 4 rings (SSSR count). The van der Waals surface area contributed by atoms with E-state index in [4.69, 9.17) is 23.7 Å². The van der Waals surface area contributed by atoms with Crippen molar-refractivity contribution in [3.8, 4) is 34.5 Å². The number of aromatic nitrogens is 4. The molecule has 0 atom stereocenters. The third-order valence-electron chi connectivity index (χ3n) is 4.61. The van der Waals surface area contributed by atoms with E-state index in [1.54, 1.807) is 30.6 Å². The maximum Gasteiger partial charge on any atom is 0.316 e. The fourth-order valence-corrected chi connectivity index (χ4v) is 3.87. The molecule has 14 heteroatoms. The van der Waals surface area contributed by atoms with E-state index in [0.717, 1.165) is 5.56 Å². The molecule has 35 heavy (non-hydrogen) atoms. The van der Waals surface area contributed by atoms with Gasteiger partial charge in [-0.25, -0.2) is 19.9 Å². The van der Waals surface area contributed by atoms with E-state index in [1.807, 2.05) is 6.92 Å². The van der Waals surface area contributed by atoms with E-state index in [-0.39, 0.29) is 50.9 Å². The average Bonchev–Trinajstić information content (AvgIpc) is 3.31. The van der Waals surface area contributed by atoms with Crippen molar-refractivity contribution in [3.63, 3.8) is 0 Å². The third-order valence-corrected chi connectivity index (χ3v) is 5.66. The molecule has 0 saturated carbocycles. The first-order valence-electron chi connectivity index (χ1n) is 10.5. The summed E-state index contributed by atoms with van der Waals surface area (Å²) in [6.45, 7) is 2.47. The van der Waals surface area contributed by atoms with Crippen LogP contribution < -0.4 is 28.4 Å². The van der Waals surface area contributed by atoms with E-state index in [9.17, 15) is 8.42 Å². The minimum atomic E-state index is -3.95. The van der Waals surface area contributed by atoms with Crippen LogP contribution in [0.1, 0.15) is 5.56 Å². The Morgan fingerprint density at radius 1 is 1.00 bits per heavy atom. The number of hydrogen-bond donors (Lipinski definition) is 2. The number of nitrogens with one attached hydrogen (secondary N) is 2. The maximum atomic E-state index is 12.5. The van der Waals surface area contributed by atoms with Gasteiger partial charge in [-0.15, -0.1) is 0 Å². The number of anilines is 1. The summed E-state index contributed by atoms with van der Waals surface area (Å²) in [7, 11) is -2.48. The summed E-state index contributed by atoms with van der Waals surface area (Å²) < 4.78 is 56.9. The van der Waals surface area contributed by atoms with Crippen LogP contribution in [0.3, 0.4) is 0 Å². The first kappa shape index (κ1) is 24.4. The van der Waals surface area contributed by atoms with Crippen molar-refractivity contribution in [2.24, 2.45) is 0 Å². The molecule has 0 unspecified atom stereocenters. The van der Waals surface area contributed by atoms with E-state index >= 15 is 0 Å². The normalized spacial score (nSPS) is 12.4. The summed E-state index contributed by atoms with van der Waals surface area (Å²) in [5.41, 5.74) is 1.78. The van der Waals surface area contributed by atoms with Crippen molar-refractivity contribution in [1.82, 2.24) is 24.7 Å². The molecule has 0 fully saturated rings. The molecule has 186 valence electrons. The van der Waals surface area contributed by atoms with Crippen LogP contribution in [-0.2, 0) is 14.9 Å². The summed E-state index contributed by atoms with van der Waals surface area (Å²) in [6.07, 6.45) is 4.48. The zero-order valence-corrected chi connectivity index (χ0v) is 19.9. The Balaban J connectivity index is 1.56. The van der Waals surface area contributed by atoms with Gasteiger partial charge >= 0.3 is 6.01 Å². The maximum absolute atomic E-state index is 12.5. The van der Waals surface area contributed by atoms with E-state index in [2.05, 4.69) is 29.4 Å². The van der Waals surface area contributed by atoms with Crippen LogP contribution in [0.2, 0.25) is 0 Å². The molecule has 1 aromatic carbocycles. The number of rotatable bonds is 12. The SMILES string of the molecule is COCCNS(=O)(=O)Nc1ncnc(OCCOc2ncc(C)cn2)c1-c1ccc2c(c1)OCO2. The number of benzene rings is 1. The van der Waals surface area contributed by atoms with Gasteiger partial charge in [0.25, 0.3) is 10.2 Å². The van der Waals surface area contributed by atoms with Crippen LogP contribution >= 0.6 is 0 Å². The molecule has 13 nitrogen and oxygen atoms in total. The van der Waals surface area contributed by atoms with Crippen molar-refractivity contribution in [2.75, 3.05) is 45.0 Å². The van der Waals surface area contributed by atoms with Gasteiger partial charge in [-0.1, -0.05) is 6.07 Å². The smallest absolute Gasteiger partial charge is 0.316 e. The highest BCUT2D eigenvalue weighted by Gasteiger charge is 2.22. The number of methoxy groups -OCH3 is 1. The lowest BCUT2D eigenvalue weighted by atomic mass is 10.1. The van der Waals surface area contributed by atoms with Gasteiger partial charge in [-0.05, 0) is 30.2 Å².